The van der Waals surface area contributed by atoms with Crippen LogP contribution in [0.1, 0.15) is 65.7 Å². The number of nitrogens with zero attached hydrogens (tertiary/aromatic N) is 1. The number of nitrogens with one attached hydrogen (secondary N) is 2. The number of fused-ring (bicyclic) bond motifs is 1. The van der Waals surface area contributed by atoms with Gasteiger partial charge >= 0.3 is 0 Å². The third-order valence-electron chi connectivity index (χ3n) is 6.12. The molecular weight excluding hydrogens is 414 g/mol. The maximum absolute atomic E-state index is 13.0. The normalized spacial score (nSPS) is 21.6. The minimum Gasteiger partial charge on any atom is -0.493 e. The summed E-state index contributed by atoms with van der Waals surface area (Å²) in [6.45, 7) is 3.19. The van der Waals surface area contributed by atoms with Gasteiger partial charge in [-0.15, -0.1) is 0 Å². The molecule has 3 aliphatic heterocycles. The zero-order valence-electron chi connectivity index (χ0n) is 18.1. The van der Waals surface area contributed by atoms with Gasteiger partial charge in [-0.3, -0.25) is 29.4 Å². The van der Waals surface area contributed by atoms with Gasteiger partial charge in [0.1, 0.15) is 11.8 Å². The van der Waals surface area contributed by atoms with E-state index in [0.717, 1.165) is 56.7 Å². The molecule has 3 aliphatic rings. The Morgan fingerprint density at radius 2 is 1.72 bits per heavy atom. The number of piperidine rings is 2. The smallest absolute Gasteiger partial charge is 0.266 e. The summed E-state index contributed by atoms with van der Waals surface area (Å²) in [5, 5.41) is 5.52. The third-order valence-corrected chi connectivity index (χ3v) is 6.12. The Hall–Kier alpha value is -2.78. The topological polar surface area (TPSA) is 114 Å². The van der Waals surface area contributed by atoms with Crippen LogP contribution < -0.4 is 15.4 Å². The van der Waals surface area contributed by atoms with Crippen molar-refractivity contribution in [1.29, 1.82) is 0 Å². The number of hydrogen-bond acceptors (Lipinski definition) is 7. The fourth-order valence-corrected chi connectivity index (χ4v) is 4.38. The highest BCUT2D eigenvalue weighted by atomic mass is 16.5. The largest absolute Gasteiger partial charge is 0.493 e. The molecule has 0 saturated carbocycles. The second kappa shape index (κ2) is 10.2. The summed E-state index contributed by atoms with van der Waals surface area (Å²) in [4.78, 5) is 50.4. The second-order valence-corrected chi connectivity index (χ2v) is 8.36. The monoisotopic (exact) mass is 443 g/mol. The summed E-state index contributed by atoms with van der Waals surface area (Å²) < 4.78 is 11.7. The van der Waals surface area contributed by atoms with Crippen molar-refractivity contribution in [1.82, 2.24) is 15.5 Å². The minimum atomic E-state index is -0.979. The number of ether oxygens (including phenoxy) is 2. The molecule has 9 heteroatoms. The molecule has 2 N–H and O–H groups in total. The molecule has 0 aromatic heterocycles. The zero-order valence-corrected chi connectivity index (χ0v) is 18.1. The van der Waals surface area contributed by atoms with E-state index >= 15 is 0 Å². The molecule has 1 aromatic rings. The molecule has 0 radical (unpaired) electrons. The van der Waals surface area contributed by atoms with E-state index in [4.69, 9.17) is 9.47 Å². The Bertz CT molecular complexity index is 896. The van der Waals surface area contributed by atoms with E-state index in [2.05, 4.69) is 10.6 Å². The first kappa shape index (κ1) is 22.4. The lowest BCUT2D eigenvalue weighted by molar-refractivity contribution is -0.136. The van der Waals surface area contributed by atoms with Gasteiger partial charge in [-0.2, -0.15) is 0 Å². The van der Waals surface area contributed by atoms with Crippen molar-refractivity contribution in [2.45, 2.75) is 57.1 Å². The minimum absolute atomic E-state index is 0.0918. The van der Waals surface area contributed by atoms with Crippen LogP contribution in [-0.2, 0) is 14.3 Å². The second-order valence-electron chi connectivity index (χ2n) is 8.36. The number of hydrogen-bond donors (Lipinski definition) is 2. The number of amides is 4. The van der Waals surface area contributed by atoms with Crippen molar-refractivity contribution in [3.63, 3.8) is 0 Å². The molecule has 4 rings (SSSR count). The molecule has 0 spiro atoms. The standard InChI is InChI=1S/C23H29N3O6/c27-19-8-7-17(21(28)25-19)26-22(29)16-5-4-6-18(20(16)23(26)30)32-14-3-1-2-13-31-15-9-11-24-12-10-15/h4-6,15,17,24H,1-3,7-14H2,(H,25,27,28). The first-order chi connectivity index (χ1) is 15.6. The lowest BCUT2D eigenvalue weighted by atomic mass is 10.0. The Balaban J connectivity index is 1.28. The Labute approximate surface area is 186 Å². The van der Waals surface area contributed by atoms with Gasteiger partial charge in [0.05, 0.1) is 23.8 Å². The van der Waals surface area contributed by atoms with E-state index in [9.17, 15) is 19.2 Å². The molecule has 2 saturated heterocycles. The predicted molar refractivity (Wildman–Crippen MR) is 114 cm³/mol. The van der Waals surface area contributed by atoms with E-state index in [1.54, 1.807) is 18.2 Å². The van der Waals surface area contributed by atoms with Crippen LogP contribution in [0.25, 0.3) is 0 Å². The van der Waals surface area contributed by atoms with Crippen molar-refractivity contribution in [3.05, 3.63) is 29.3 Å². The first-order valence-corrected chi connectivity index (χ1v) is 11.4. The highest BCUT2D eigenvalue weighted by molar-refractivity contribution is 6.24. The zero-order chi connectivity index (χ0) is 22.5. The maximum Gasteiger partial charge on any atom is 0.266 e. The Morgan fingerprint density at radius 3 is 2.50 bits per heavy atom. The summed E-state index contributed by atoms with van der Waals surface area (Å²) >= 11 is 0. The van der Waals surface area contributed by atoms with E-state index in [1.807, 2.05) is 0 Å². The number of benzene rings is 1. The van der Waals surface area contributed by atoms with Crippen molar-refractivity contribution in [2.24, 2.45) is 0 Å². The molecule has 1 aromatic carbocycles. The van der Waals surface area contributed by atoms with Crippen LogP contribution in [-0.4, -0.2) is 67.0 Å². The summed E-state index contributed by atoms with van der Waals surface area (Å²) in [7, 11) is 0. The molecule has 4 amide bonds. The van der Waals surface area contributed by atoms with Gasteiger partial charge in [-0.05, 0) is 63.7 Å². The van der Waals surface area contributed by atoms with Gasteiger partial charge in [-0.1, -0.05) is 6.07 Å². The highest BCUT2D eigenvalue weighted by Gasteiger charge is 2.45. The van der Waals surface area contributed by atoms with Gasteiger partial charge in [0, 0.05) is 13.0 Å². The molecule has 0 aliphatic carbocycles. The number of carbonyl (C=O) groups is 4. The fraction of sp³-hybridized carbons (Fsp3) is 0.565. The molecule has 172 valence electrons. The molecule has 9 nitrogen and oxygen atoms in total. The summed E-state index contributed by atoms with van der Waals surface area (Å²) in [6.07, 6.45) is 5.39. The predicted octanol–water partition coefficient (Wildman–Crippen LogP) is 1.41. The number of carbonyl (C=O) groups excluding carboxylic acids is 4. The van der Waals surface area contributed by atoms with Gasteiger partial charge in [0.25, 0.3) is 11.8 Å². The molecular formula is C23H29N3O6. The van der Waals surface area contributed by atoms with Crippen molar-refractivity contribution < 1.29 is 28.7 Å². The van der Waals surface area contributed by atoms with Gasteiger partial charge in [0.2, 0.25) is 11.8 Å². The maximum atomic E-state index is 13.0. The van der Waals surface area contributed by atoms with Gasteiger partial charge in [-0.25, -0.2) is 0 Å². The van der Waals surface area contributed by atoms with Crippen molar-refractivity contribution in [3.8, 4) is 5.75 Å². The lowest BCUT2D eigenvalue weighted by Crippen LogP contribution is -2.54. The SMILES string of the molecule is O=C1CCC(N2C(=O)c3cccc(OCCCCCOC4CCNCC4)c3C2=O)C(=O)N1. The molecule has 0 bridgehead atoms. The van der Waals surface area contributed by atoms with E-state index < -0.39 is 29.7 Å². The van der Waals surface area contributed by atoms with Crippen LogP contribution in [0.15, 0.2) is 18.2 Å². The molecule has 1 unspecified atom stereocenters. The quantitative estimate of drug-likeness (QED) is 0.438. The summed E-state index contributed by atoms with van der Waals surface area (Å²) in [6, 6.07) is 3.91. The van der Waals surface area contributed by atoms with Crippen LogP contribution in [0.5, 0.6) is 5.75 Å². The third kappa shape index (κ3) is 4.83. The van der Waals surface area contributed by atoms with Crippen LogP contribution in [0, 0.1) is 0 Å². The number of rotatable bonds is 9. The Morgan fingerprint density at radius 1 is 0.938 bits per heavy atom. The van der Waals surface area contributed by atoms with Gasteiger partial charge in [0.15, 0.2) is 0 Å². The van der Waals surface area contributed by atoms with Crippen LogP contribution in [0.2, 0.25) is 0 Å². The Kier molecular flexibility index (Phi) is 7.16. The number of imide groups is 2. The number of unbranched alkanes of at least 4 members (excludes halogenated alkanes) is 2. The molecule has 1 atom stereocenters. The molecule has 2 fully saturated rings. The molecule has 3 heterocycles. The fourth-order valence-electron chi connectivity index (χ4n) is 4.38. The van der Waals surface area contributed by atoms with E-state index in [-0.39, 0.29) is 24.0 Å². The van der Waals surface area contributed by atoms with Crippen LogP contribution in [0.4, 0.5) is 0 Å². The van der Waals surface area contributed by atoms with E-state index in [0.29, 0.717) is 18.5 Å². The van der Waals surface area contributed by atoms with Crippen molar-refractivity contribution in [2.75, 3.05) is 26.3 Å². The average molecular weight is 444 g/mol. The van der Waals surface area contributed by atoms with Gasteiger partial charge < -0.3 is 14.8 Å². The first-order valence-electron chi connectivity index (χ1n) is 11.4. The van der Waals surface area contributed by atoms with Crippen LogP contribution in [0.3, 0.4) is 0 Å². The summed E-state index contributed by atoms with van der Waals surface area (Å²) in [5.41, 5.74) is 0.420. The molecule has 32 heavy (non-hydrogen) atoms. The van der Waals surface area contributed by atoms with Crippen molar-refractivity contribution >= 4 is 23.6 Å². The lowest BCUT2D eigenvalue weighted by Gasteiger charge is -2.27. The van der Waals surface area contributed by atoms with Crippen LogP contribution >= 0.6 is 0 Å². The summed E-state index contributed by atoms with van der Waals surface area (Å²) in [5.74, 6) is -1.75. The highest BCUT2D eigenvalue weighted by Crippen LogP contribution is 2.33. The van der Waals surface area contributed by atoms with E-state index in [1.165, 1.54) is 0 Å². The average Bonchev–Trinajstić information content (AvgIpc) is 3.05.